The summed E-state index contributed by atoms with van der Waals surface area (Å²) in [5, 5.41) is 9.22. The van der Waals surface area contributed by atoms with Crippen molar-refractivity contribution < 1.29 is 9.84 Å². The first kappa shape index (κ1) is 14.4. The van der Waals surface area contributed by atoms with Crippen LogP contribution in [-0.4, -0.2) is 42.9 Å². The molecule has 0 bridgehead atoms. The van der Waals surface area contributed by atoms with E-state index >= 15 is 0 Å². The molecule has 1 saturated heterocycles. The largest absolute Gasteiger partial charge is 0.492 e. The Morgan fingerprint density at radius 2 is 2.21 bits per heavy atom. The lowest BCUT2D eigenvalue weighted by Crippen LogP contribution is -2.39. The van der Waals surface area contributed by atoms with Crippen molar-refractivity contribution in [3.05, 3.63) is 29.8 Å². The van der Waals surface area contributed by atoms with Gasteiger partial charge in [0.15, 0.2) is 0 Å². The van der Waals surface area contributed by atoms with E-state index in [1.54, 1.807) is 0 Å². The summed E-state index contributed by atoms with van der Waals surface area (Å²) in [7, 11) is 0. The highest BCUT2D eigenvalue weighted by Crippen LogP contribution is 2.19. The maximum atomic E-state index is 9.22. The number of hydrogen-bond acceptors (Lipinski definition) is 3. The second-order valence-corrected chi connectivity index (χ2v) is 5.30. The number of rotatable bonds is 6. The van der Waals surface area contributed by atoms with Gasteiger partial charge in [0, 0.05) is 19.7 Å². The fourth-order valence-corrected chi connectivity index (χ4v) is 2.72. The number of para-hydroxylation sites is 1. The standard InChI is InChI=1S/C16H25NO2/c1-2-15-7-3-4-8-16(15)19-11-10-17-9-5-6-14(12-17)13-18/h3-4,7-8,14,18H,2,5-6,9-13H2,1H3. The van der Waals surface area contributed by atoms with Gasteiger partial charge in [-0.15, -0.1) is 0 Å². The van der Waals surface area contributed by atoms with Gasteiger partial charge in [0.1, 0.15) is 12.4 Å². The Labute approximate surface area is 116 Å². The highest BCUT2D eigenvalue weighted by molar-refractivity contribution is 5.33. The van der Waals surface area contributed by atoms with Gasteiger partial charge < -0.3 is 9.84 Å². The zero-order chi connectivity index (χ0) is 13.5. The van der Waals surface area contributed by atoms with E-state index in [9.17, 15) is 5.11 Å². The van der Waals surface area contributed by atoms with Crippen LogP contribution >= 0.6 is 0 Å². The van der Waals surface area contributed by atoms with Crippen molar-refractivity contribution in [2.45, 2.75) is 26.2 Å². The summed E-state index contributed by atoms with van der Waals surface area (Å²) in [5.74, 6) is 1.47. The third-order valence-corrected chi connectivity index (χ3v) is 3.88. The van der Waals surface area contributed by atoms with E-state index in [0.29, 0.717) is 12.5 Å². The van der Waals surface area contributed by atoms with Crippen molar-refractivity contribution >= 4 is 0 Å². The van der Waals surface area contributed by atoms with Crippen LogP contribution in [0.15, 0.2) is 24.3 Å². The molecule has 1 aliphatic heterocycles. The van der Waals surface area contributed by atoms with Crippen molar-refractivity contribution in [2.24, 2.45) is 5.92 Å². The van der Waals surface area contributed by atoms with Crippen molar-refractivity contribution in [2.75, 3.05) is 32.8 Å². The van der Waals surface area contributed by atoms with E-state index < -0.39 is 0 Å². The fraction of sp³-hybridized carbons (Fsp3) is 0.625. The molecular formula is C16H25NO2. The van der Waals surface area contributed by atoms with Gasteiger partial charge in [-0.2, -0.15) is 0 Å². The number of benzene rings is 1. The maximum Gasteiger partial charge on any atom is 0.122 e. The summed E-state index contributed by atoms with van der Waals surface area (Å²) in [4.78, 5) is 2.40. The number of nitrogens with zero attached hydrogens (tertiary/aromatic N) is 1. The van der Waals surface area contributed by atoms with Crippen molar-refractivity contribution in [3.8, 4) is 5.75 Å². The second-order valence-electron chi connectivity index (χ2n) is 5.30. The number of likely N-dealkylation sites (tertiary alicyclic amines) is 1. The highest BCUT2D eigenvalue weighted by Gasteiger charge is 2.18. The molecule has 0 amide bonds. The number of ether oxygens (including phenoxy) is 1. The Morgan fingerprint density at radius 3 is 3.00 bits per heavy atom. The van der Waals surface area contributed by atoms with Gasteiger partial charge in [0.25, 0.3) is 0 Å². The lowest BCUT2D eigenvalue weighted by molar-refractivity contribution is 0.107. The van der Waals surface area contributed by atoms with Gasteiger partial charge in [0.2, 0.25) is 0 Å². The van der Waals surface area contributed by atoms with Crippen LogP contribution < -0.4 is 4.74 Å². The molecule has 0 spiro atoms. The van der Waals surface area contributed by atoms with E-state index in [4.69, 9.17) is 4.74 Å². The van der Waals surface area contributed by atoms with Crippen LogP contribution in [0.5, 0.6) is 5.75 Å². The first-order valence-electron chi connectivity index (χ1n) is 7.37. The SMILES string of the molecule is CCc1ccccc1OCCN1CCCC(CO)C1. The first-order valence-corrected chi connectivity index (χ1v) is 7.37. The van der Waals surface area contributed by atoms with Crippen LogP contribution in [0.25, 0.3) is 0 Å². The number of aliphatic hydroxyl groups is 1. The predicted molar refractivity (Wildman–Crippen MR) is 77.6 cm³/mol. The van der Waals surface area contributed by atoms with Crippen molar-refractivity contribution in [1.29, 1.82) is 0 Å². The molecule has 1 N–H and O–H groups in total. The van der Waals surface area contributed by atoms with Gasteiger partial charge >= 0.3 is 0 Å². The number of hydrogen-bond donors (Lipinski definition) is 1. The minimum absolute atomic E-state index is 0.316. The van der Waals surface area contributed by atoms with Crippen LogP contribution in [0.1, 0.15) is 25.3 Å². The molecule has 1 unspecified atom stereocenters. The smallest absolute Gasteiger partial charge is 0.122 e. The van der Waals surface area contributed by atoms with Crippen LogP contribution in [0.2, 0.25) is 0 Å². The number of aryl methyl sites for hydroxylation is 1. The van der Waals surface area contributed by atoms with Gasteiger partial charge in [-0.3, -0.25) is 4.90 Å². The van der Waals surface area contributed by atoms with Gasteiger partial charge in [0.05, 0.1) is 0 Å². The molecule has 0 radical (unpaired) electrons. The lowest BCUT2D eigenvalue weighted by atomic mass is 9.99. The van der Waals surface area contributed by atoms with Gasteiger partial charge in [-0.1, -0.05) is 25.1 Å². The van der Waals surface area contributed by atoms with Crippen LogP contribution in [0.3, 0.4) is 0 Å². The molecular weight excluding hydrogens is 238 g/mol. The molecule has 0 aromatic heterocycles. The molecule has 19 heavy (non-hydrogen) atoms. The third-order valence-electron chi connectivity index (χ3n) is 3.88. The molecule has 1 heterocycles. The zero-order valence-corrected chi connectivity index (χ0v) is 11.8. The molecule has 0 saturated carbocycles. The third kappa shape index (κ3) is 4.22. The van der Waals surface area contributed by atoms with Crippen LogP contribution in [0.4, 0.5) is 0 Å². The summed E-state index contributed by atoms with van der Waals surface area (Å²) in [6.45, 7) is 6.29. The average molecular weight is 263 g/mol. The molecule has 1 aliphatic rings. The molecule has 106 valence electrons. The van der Waals surface area contributed by atoms with Gasteiger partial charge in [-0.25, -0.2) is 0 Å². The Bertz CT molecular complexity index is 381. The Hall–Kier alpha value is -1.06. The molecule has 3 nitrogen and oxygen atoms in total. The summed E-state index contributed by atoms with van der Waals surface area (Å²) in [6, 6.07) is 8.25. The van der Waals surface area contributed by atoms with Crippen molar-refractivity contribution in [1.82, 2.24) is 4.90 Å². The van der Waals surface area contributed by atoms with E-state index in [1.165, 1.54) is 12.0 Å². The normalized spacial score (nSPS) is 20.4. The Morgan fingerprint density at radius 1 is 1.37 bits per heavy atom. The summed E-state index contributed by atoms with van der Waals surface area (Å²) < 4.78 is 5.90. The molecule has 1 aromatic carbocycles. The lowest BCUT2D eigenvalue weighted by Gasteiger charge is -2.31. The topological polar surface area (TPSA) is 32.7 Å². The Kier molecular flexibility index (Phi) is 5.67. The molecule has 1 aromatic rings. The monoisotopic (exact) mass is 263 g/mol. The molecule has 1 fully saturated rings. The molecule has 0 aliphatic carbocycles. The van der Waals surface area contributed by atoms with Crippen LogP contribution in [-0.2, 0) is 6.42 Å². The Balaban J connectivity index is 1.77. The molecule has 1 atom stereocenters. The zero-order valence-electron chi connectivity index (χ0n) is 11.8. The van der Waals surface area contributed by atoms with E-state index in [0.717, 1.165) is 44.8 Å². The second kappa shape index (κ2) is 7.51. The minimum atomic E-state index is 0.316. The fourth-order valence-electron chi connectivity index (χ4n) is 2.72. The van der Waals surface area contributed by atoms with E-state index in [1.807, 2.05) is 12.1 Å². The van der Waals surface area contributed by atoms with E-state index in [-0.39, 0.29) is 0 Å². The number of piperidine rings is 1. The highest BCUT2D eigenvalue weighted by atomic mass is 16.5. The molecule has 2 rings (SSSR count). The minimum Gasteiger partial charge on any atom is -0.492 e. The summed E-state index contributed by atoms with van der Waals surface area (Å²) >= 11 is 0. The summed E-state index contributed by atoms with van der Waals surface area (Å²) in [6.07, 6.45) is 3.36. The van der Waals surface area contributed by atoms with E-state index in [2.05, 4.69) is 24.0 Å². The van der Waals surface area contributed by atoms with Crippen molar-refractivity contribution in [3.63, 3.8) is 0 Å². The average Bonchev–Trinajstić information content (AvgIpc) is 2.48. The quantitative estimate of drug-likeness (QED) is 0.855. The summed E-state index contributed by atoms with van der Waals surface area (Å²) in [5.41, 5.74) is 1.27. The van der Waals surface area contributed by atoms with Gasteiger partial charge in [-0.05, 0) is 43.4 Å². The maximum absolute atomic E-state index is 9.22. The number of aliphatic hydroxyl groups excluding tert-OH is 1. The first-order chi connectivity index (χ1) is 9.33. The predicted octanol–water partition coefficient (Wildman–Crippen LogP) is 2.33. The molecule has 3 heteroatoms. The van der Waals surface area contributed by atoms with Crippen LogP contribution in [0, 0.1) is 5.92 Å².